The fourth-order valence-corrected chi connectivity index (χ4v) is 2.81. The first-order valence-corrected chi connectivity index (χ1v) is 6.71. The summed E-state index contributed by atoms with van der Waals surface area (Å²) >= 11 is 5.07. The van der Waals surface area contributed by atoms with E-state index in [1.807, 2.05) is 26.0 Å². The molecule has 0 bridgehead atoms. The third kappa shape index (κ3) is 3.88. The van der Waals surface area contributed by atoms with E-state index in [2.05, 4.69) is 21.2 Å². The summed E-state index contributed by atoms with van der Waals surface area (Å²) in [5.74, 6) is 0.0153. The van der Waals surface area contributed by atoms with Crippen molar-refractivity contribution in [1.82, 2.24) is 5.32 Å². The molecule has 0 saturated carbocycles. The van der Waals surface area contributed by atoms with Crippen LogP contribution in [0.1, 0.15) is 18.7 Å². The summed E-state index contributed by atoms with van der Waals surface area (Å²) in [4.78, 5) is 12.7. The van der Waals surface area contributed by atoms with Gasteiger partial charge in [0.25, 0.3) is 0 Å². The van der Waals surface area contributed by atoms with Crippen molar-refractivity contribution < 1.29 is 9.53 Å². The number of carbonyl (C=O) groups excluding carboxylic acids is 1. The molecular weight excluding hydrogens is 290 g/mol. The van der Waals surface area contributed by atoms with Crippen molar-refractivity contribution in [3.05, 3.63) is 20.8 Å². The van der Waals surface area contributed by atoms with Crippen LogP contribution in [-0.2, 0) is 16.1 Å². The molecule has 1 aromatic rings. The van der Waals surface area contributed by atoms with Crippen LogP contribution in [0.25, 0.3) is 0 Å². The van der Waals surface area contributed by atoms with E-state index in [0.29, 0.717) is 6.54 Å². The van der Waals surface area contributed by atoms with E-state index >= 15 is 0 Å². The monoisotopic (exact) mass is 305 g/mol. The van der Waals surface area contributed by atoms with Gasteiger partial charge in [0.05, 0.1) is 10.9 Å². The number of methoxy groups -OCH3 is 1. The number of thiophene rings is 1. The molecule has 90 valence electrons. The molecule has 0 amide bonds. The van der Waals surface area contributed by atoms with Crippen molar-refractivity contribution in [3.63, 3.8) is 0 Å². The zero-order chi connectivity index (χ0) is 12.1. The largest absolute Gasteiger partial charge is 0.468 e. The molecule has 3 nitrogen and oxygen atoms in total. The molecule has 0 unspecified atom stereocenters. The van der Waals surface area contributed by atoms with Crippen LogP contribution in [-0.4, -0.2) is 19.1 Å². The van der Waals surface area contributed by atoms with Crippen LogP contribution >= 0.6 is 27.3 Å². The normalized spacial score (nSPS) is 12.8. The molecule has 0 spiro atoms. The van der Waals surface area contributed by atoms with Crippen LogP contribution < -0.4 is 5.32 Å². The average Bonchev–Trinajstić information content (AvgIpc) is 2.63. The van der Waals surface area contributed by atoms with Crippen molar-refractivity contribution >= 4 is 33.2 Å². The maximum Gasteiger partial charge on any atom is 0.323 e. The lowest BCUT2D eigenvalue weighted by molar-refractivity contribution is -0.144. The molecule has 1 aromatic heterocycles. The van der Waals surface area contributed by atoms with E-state index in [1.54, 1.807) is 11.3 Å². The topological polar surface area (TPSA) is 38.3 Å². The van der Waals surface area contributed by atoms with Crippen molar-refractivity contribution in [2.45, 2.75) is 26.4 Å². The van der Waals surface area contributed by atoms with E-state index in [9.17, 15) is 4.79 Å². The summed E-state index contributed by atoms with van der Waals surface area (Å²) in [6.45, 7) is 4.69. The molecule has 1 heterocycles. The van der Waals surface area contributed by atoms with E-state index < -0.39 is 0 Å². The first-order chi connectivity index (χ1) is 7.54. The molecule has 0 aliphatic rings. The Morgan fingerprint density at radius 2 is 2.25 bits per heavy atom. The smallest absolute Gasteiger partial charge is 0.323 e. The summed E-state index contributed by atoms with van der Waals surface area (Å²) < 4.78 is 5.86. The number of nitrogens with one attached hydrogen (secondary N) is 1. The number of ether oxygens (including phenoxy) is 1. The highest BCUT2D eigenvalue weighted by atomic mass is 79.9. The third-order valence-electron chi connectivity index (χ3n) is 2.25. The molecule has 1 atom stereocenters. The Bertz CT molecular complexity index is 352. The van der Waals surface area contributed by atoms with Crippen molar-refractivity contribution in [2.75, 3.05) is 7.11 Å². The van der Waals surface area contributed by atoms with E-state index in [4.69, 9.17) is 4.74 Å². The lowest BCUT2D eigenvalue weighted by Gasteiger charge is -2.19. The van der Waals surface area contributed by atoms with Gasteiger partial charge in [-0.05, 0) is 34.0 Å². The maximum absolute atomic E-state index is 11.5. The van der Waals surface area contributed by atoms with E-state index in [-0.39, 0.29) is 17.9 Å². The number of carbonyl (C=O) groups is 1. The van der Waals surface area contributed by atoms with Crippen molar-refractivity contribution in [3.8, 4) is 0 Å². The highest BCUT2D eigenvalue weighted by Gasteiger charge is 2.22. The summed E-state index contributed by atoms with van der Waals surface area (Å²) in [7, 11) is 1.42. The summed E-state index contributed by atoms with van der Waals surface area (Å²) in [5, 5.41) is 3.21. The second kappa shape index (κ2) is 6.37. The maximum atomic E-state index is 11.5. The first-order valence-electron chi connectivity index (χ1n) is 5.10. The van der Waals surface area contributed by atoms with Gasteiger partial charge in [0, 0.05) is 11.4 Å². The predicted molar refractivity (Wildman–Crippen MR) is 69.5 cm³/mol. The summed E-state index contributed by atoms with van der Waals surface area (Å²) in [5.41, 5.74) is 0. The minimum atomic E-state index is -0.245. The number of rotatable bonds is 5. The highest BCUT2D eigenvalue weighted by molar-refractivity contribution is 9.11. The lowest BCUT2D eigenvalue weighted by Crippen LogP contribution is -2.41. The van der Waals surface area contributed by atoms with Crippen LogP contribution in [0.4, 0.5) is 0 Å². The van der Waals surface area contributed by atoms with Gasteiger partial charge in [0.15, 0.2) is 0 Å². The van der Waals surface area contributed by atoms with Gasteiger partial charge < -0.3 is 4.74 Å². The van der Waals surface area contributed by atoms with Gasteiger partial charge in [0.1, 0.15) is 6.04 Å². The third-order valence-corrected chi connectivity index (χ3v) is 3.87. The Hall–Kier alpha value is -0.390. The van der Waals surface area contributed by atoms with E-state index in [1.165, 1.54) is 12.0 Å². The van der Waals surface area contributed by atoms with Crippen LogP contribution in [0.2, 0.25) is 0 Å². The quantitative estimate of drug-likeness (QED) is 0.850. The number of hydrogen-bond acceptors (Lipinski definition) is 4. The van der Waals surface area contributed by atoms with Crippen molar-refractivity contribution in [1.29, 1.82) is 0 Å². The minimum Gasteiger partial charge on any atom is -0.468 e. The molecule has 16 heavy (non-hydrogen) atoms. The zero-order valence-corrected chi connectivity index (χ0v) is 12.0. The molecule has 0 radical (unpaired) electrons. The average molecular weight is 306 g/mol. The molecule has 1 rings (SSSR count). The molecule has 0 aliphatic heterocycles. The number of esters is 1. The van der Waals surface area contributed by atoms with Gasteiger partial charge in [0.2, 0.25) is 0 Å². The second-order valence-corrected chi connectivity index (χ2v) is 6.38. The van der Waals surface area contributed by atoms with Crippen LogP contribution in [0, 0.1) is 5.92 Å². The Morgan fingerprint density at radius 3 is 2.69 bits per heavy atom. The van der Waals surface area contributed by atoms with Gasteiger partial charge in [-0.25, -0.2) is 0 Å². The van der Waals surface area contributed by atoms with Crippen LogP contribution in [0.3, 0.4) is 0 Å². The fraction of sp³-hybridized carbons (Fsp3) is 0.545. The molecule has 0 aromatic carbocycles. The van der Waals surface area contributed by atoms with Crippen LogP contribution in [0.15, 0.2) is 15.9 Å². The van der Waals surface area contributed by atoms with E-state index in [0.717, 1.165) is 3.79 Å². The van der Waals surface area contributed by atoms with Gasteiger partial charge in [-0.1, -0.05) is 13.8 Å². The second-order valence-electron chi connectivity index (χ2n) is 3.83. The molecule has 0 fully saturated rings. The molecule has 5 heteroatoms. The summed E-state index contributed by atoms with van der Waals surface area (Å²) in [6.07, 6.45) is 0. The number of halogens is 1. The standard InChI is InChI=1S/C11H16BrNO2S/c1-7(2)10(11(14)15-3)13-6-8-4-5-9(12)16-8/h4-5,7,10,13H,6H2,1-3H3/t10-/m1/s1. The summed E-state index contributed by atoms with van der Waals surface area (Å²) in [6, 6.07) is 3.80. The lowest BCUT2D eigenvalue weighted by atomic mass is 10.0. The van der Waals surface area contributed by atoms with Gasteiger partial charge in [-0.3, -0.25) is 10.1 Å². The molecule has 0 aliphatic carbocycles. The molecule has 0 saturated heterocycles. The SMILES string of the molecule is COC(=O)[C@H](NCc1ccc(Br)s1)C(C)C. The predicted octanol–water partition coefficient (Wildman–Crippen LogP) is 2.80. The molecular formula is C11H16BrNO2S. The number of hydrogen-bond donors (Lipinski definition) is 1. The Kier molecular flexibility index (Phi) is 5.44. The Balaban J connectivity index is 2.53. The van der Waals surface area contributed by atoms with Gasteiger partial charge in [-0.15, -0.1) is 11.3 Å². The Morgan fingerprint density at radius 1 is 1.56 bits per heavy atom. The Labute approximate surface area is 108 Å². The fourth-order valence-electron chi connectivity index (χ4n) is 1.38. The molecule has 1 N–H and O–H groups in total. The minimum absolute atomic E-state index is 0.203. The van der Waals surface area contributed by atoms with Crippen molar-refractivity contribution in [2.24, 2.45) is 5.92 Å². The zero-order valence-electron chi connectivity index (χ0n) is 9.62. The van der Waals surface area contributed by atoms with Gasteiger partial charge >= 0.3 is 5.97 Å². The first kappa shape index (κ1) is 13.7. The van der Waals surface area contributed by atoms with Crippen LogP contribution in [0.5, 0.6) is 0 Å². The van der Waals surface area contributed by atoms with Gasteiger partial charge in [-0.2, -0.15) is 0 Å². The highest BCUT2D eigenvalue weighted by Crippen LogP contribution is 2.22.